The summed E-state index contributed by atoms with van der Waals surface area (Å²) >= 11 is 0. The second-order valence-electron chi connectivity index (χ2n) is 4.79. The number of imidazole rings is 1. The van der Waals surface area contributed by atoms with Crippen molar-refractivity contribution >= 4 is 23.1 Å². The van der Waals surface area contributed by atoms with E-state index < -0.39 is 11.2 Å². The number of anilines is 1. The molecule has 114 valence electrons. The number of ether oxygens (including phenoxy) is 1. The highest BCUT2D eigenvalue weighted by Gasteiger charge is 2.14. The number of rotatable bonds is 4. The normalized spacial score (nSPS) is 12.4. The predicted molar refractivity (Wildman–Crippen MR) is 76.3 cm³/mol. The molecule has 0 bridgehead atoms. The van der Waals surface area contributed by atoms with E-state index in [4.69, 9.17) is 4.74 Å². The van der Waals surface area contributed by atoms with Gasteiger partial charge >= 0.3 is 11.7 Å². The summed E-state index contributed by atoms with van der Waals surface area (Å²) < 4.78 is 7.26. The number of carbonyl (C=O) groups excluding carboxylic acids is 1. The minimum Gasteiger partial charge on any atom is -0.461 e. The summed E-state index contributed by atoms with van der Waals surface area (Å²) in [7, 11) is 2.94. The molecule has 0 aliphatic heterocycles. The van der Waals surface area contributed by atoms with E-state index in [1.807, 2.05) is 0 Å². The number of carbonyl (C=O) groups is 1. The van der Waals surface area contributed by atoms with Crippen molar-refractivity contribution in [3.05, 3.63) is 20.8 Å². The Bertz CT molecular complexity index is 800. The zero-order chi connectivity index (χ0) is 15.7. The van der Waals surface area contributed by atoms with Crippen LogP contribution < -0.4 is 16.6 Å². The van der Waals surface area contributed by atoms with Crippen LogP contribution >= 0.6 is 0 Å². The molecule has 2 N–H and O–H groups in total. The molecule has 0 spiro atoms. The highest BCUT2D eigenvalue weighted by molar-refractivity contribution is 5.72. The molecule has 0 amide bonds. The van der Waals surface area contributed by atoms with Gasteiger partial charge in [0.15, 0.2) is 11.2 Å². The van der Waals surface area contributed by atoms with Gasteiger partial charge < -0.3 is 15.0 Å². The van der Waals surface area contributed by atoms with E-state index in [2.05, 4.69) is 15.3 Å². The Balaban J connectivity index is 2.30. The minimum atomic E-state index is -0.446. The van der Waals surface area contributed by atoms with Gasteiger partial charge in [-0.15, -0.1) is 0 Å². The lowest BCUT2D eigenvalue weighted by Crippen LogP contribution is -2.36. The fraction of sp³-hybridized carbons (Fsp3) is 0.500. The fourth-order valence-corrected chi connectivity index (χ4v) is 1.98. The van der Waals surface area contributed by atoms with Crippen molar-refractivity contribution in [2.24, 2.45) is 14.1 Å². The Kier molecular flexibility index (Phi) is 3.83. The van der Waals surface area contributed by atoms with Gasteiger partial charge in [0.25, 0.3) is 5.56 Å². The average Bonchev–Trinajstić information content (AvgIpc) is 2.84. The average molecular weight is 295 g/mol. The maximum absolute atomic E-state index is 12.0. The first kappa shape index (κ1) is 14.8. The molecule has 0 saturated carbocycles. The van der Waals surface area contributed by atoms with E-state index in [9.17, 15) is 14.4 Å². The second kappa shape index (κ2) is 5.43. The zero-order valence-electron chi connectivity index (χ0n) is 12.3. The second-order valence-corrected chi connectivity index (χ2v) is 4.79. The maximum atomic E-state index is 12.0. The van der Waals surface area contributed by atoms with Crippen LogP contribution in [0.4, 0.5) is 5.95 Å². The molecule has 1 atom stereocenters. The number of aryl methyl sites for hydroxylation is 1. The van der Waals surface area contributed by atoms with Crippen molar-refractivity contribution in [1.82, 2.24) is 19.1 Å². The lowest BCUT2D eigenvalue weighted by molar-refractivity contribution is -0.144. The molecule has 9 heteroatoms. The molecule has 2 aromatic heterocycles. The van der Waals surface area contributed by atoms with E-state index >= 15 is 0 Å². The molecule has 0 fully saturated rings. The maximum Gasteiger partial charge on any atom is 0.332 e. The fourth-order valence-electron chi connectivity index (χ4n) is 1.98. The van der Waals surface area contributed by atoms with Crippen LogP contribution in [0.25, 0.3) is 11.2 Å². The monoisotopic (exact) mass is 295 g/mol. The number of aromatic nitrogens is 4. The highest BCUT2D eigenvalue weighted by Crippen LogP contribution is 2.08. The molecule has 2 aromatic rings. The molecule has 2 heterocycles. The third-order valence-electron chi connectivity index (χ3n) is 3.02. The number of aromatic amines is 1. The standard InChI is InChI=1S/C12H17N5O4/c1-6(21-7(2)18)5-13-11-14-8-9(15-11)16(3)12(20)17(4)10(8)19/h6H,5H2,1-4H3,(H2,13,14,15). The summed E-state index contributed by atoms with van der Waals surface area (Å²) in [5.74, 6) is -0.0347. The van der Waals surface area contributed by atoms with Crippen LogP contribution in [0.1, 0.15) is 13.8 Å². The van der Waals surface area contributed by atoms with Gasteiger partial charge in [0, 0.05) is 21.0 Å². The first-order chi connectivity index (χ1) is 9.81. The lowest BCUT2D eigenvalue weighted by Gasteiger charge is -2.11. The zero-order valence-corrected chi connectivity index (χ0v) is 12.3. The number of hydrogen-bond acceptors (Lipinski definition) is 6. The summed E-state index contributed by atoms with van der Waals surface area (Å²) in [5, 5.41) is 2.93. The third-order valence-corrected chi connectivity index (χ3v) is 3.02. The van der Waals surface area contributed by atoms with Gasteiger partial charge in [0.05, 0.1) is 6.54 Å². The van der Waals surface area contributed by atoms with Crippen LogP contribution in [0, 0.1) is 0 Å². The summed E-state index contributed by atoms with van der Waals surface area (Å²) in [5.41, 5.74) is -0.381. The molecule has 0 radical (unpaired) electrons. The SMILES string of the molecule is CC(=O)OC(C)CNc1nc2c([nH]1)c(=O)n(C)c(=O)n2C. The van der Waals surface area contributed by atoms with Crippen molar-refractivity contribution in [3.63, 3.8) is 0 Å². The Morgan fingerprint density at radius 2 is 2.05 bits per heavy atom. The smallest absolute Gasteiger partial charge is 0.332 e. The van der Waals surface area contributed by atoms with Crippen molar-refractivity contribution in [3.8, 4) is 0 Å². The number of nitrogens with zero attached hydrogens (tertiary/aromatic N) is 3. The predicted octanol–water partition coefficient (Wildman–Crippen LogP) is -0.676. The summed E-state index contributed by atoms with van der Waals surface area (Å²) in [6.07, 6.45) is -0.345. The Labute approximate surface area is 119 Å². The van der Waals surface area contributed by atoms with Crippen LogP contribution in [-0.2, 0) is 23.6 Å². The van der Waals surface area contributed by atoms with E-state index in [-0.39, 0.29) is 23.2 Å². The van der Waals surface area contributed by atoms with Gasteiger partial charge in [-0.2, -0.15) is 4.98 Å². The van der Waals surface area contributed by atoms with Gasteiger partial charge in [-0.05, 0) is 6.92 Å². The van der Waals surface area contributed by atoms with Crippen LogP contribution in [0.3, 0.4) is 0 Å². The largest absolute Gasteiger partial charge is 0.461 e. The van der Waals surface area contributed by atoms with Crippen molar-refractivity contribution in [2.45, 2.75) is 20.0 Å². The first-order valence-corrected chi connectivity index (χ1v) is 6.38. The molecule has 21 heavy (non-hydrogen) atoms. The molecular formula is C12H17N5O4. The molecule has 1 unspecified atom stereocenters. The summed E-state index contributed by atoms with van der Waals surface area (Å²) in [4.78, 5) is 41.6. The first-order valence-electron chi connectivity index (χ1n) is 6.38. The quantitative estimate of drug-likeness (QED) is 0.723. The topological polar surface area (TPSA) is 111 Å². The number of H-pyrrole nitrogens is 1. The molecule has 0 saturated heterocycles. The molecular weight excluding hydrogens is 278 g/mol. The van der Waals surface area contributed by atoms with Crippen LogP contribution in [0.5, 0.6) is 0 Å². The van der Waals surface area contributed by atoms with Crippen LogP contribution in [0.2, 0.25) is 0 Å². The molecule has 2 rings (SSSR count). The van der Waals surface area contributed by atoms with E-state index in [0.29, 0.717) is 12.5 Å². The van der Waals surface area contributed by atoms with Gasteiger partial charge in [0.1, 0.15) is 6.10 Å². The Morgan fingerprint density at radius 3 is 2.67 bits per heavy atom. The van der Waals surface area contributed by atoms with Crippen molar-refractivity contribution in [1.29, 1.82) is 0 Å². The van der Waals surface area contributed by atoms with Gasteiger partial charge in [-0.1, -0.05) is 0 Å². The van der Waals surface area contributed by atoms with Gasteiger partial charge in [0.2, 0.25) is 5.95 Å². The Hall–Kier alpha value is -2.58. The van der Waals surface area contributed by atoms with Crippen molar-refractivity contribution in [2.75, 3.05) is 11.9 Å². The van der Waals surface area contributed by atoms with E-state index in [1.54, 1.807) is 6.92 Å². The summed E-state index contributed by atoms with van der Waals surface area (Å²) in [6, 6.07) is 0. The van der Waals surface area contributed by atoms with E-state index in [0.717, 1.165) is 4.57 Å². The number of fused-ring (bicyclic) bond motifs is 1. The molecule has 9 nitrogen and oxygen atoms in total. The third kappa shape index (κ3) is 2.81. The minimum absolute atomic E-state index is 0.238. The number of nitrogens with one attached hydrogen (secondary N) is 2. The summed E-state index contributed by atoms with van der Waals surface area (Å²) in [6.45, 7) is 3.39. The Morgan fingerprint density at radius 1 is 1.38 bits per heavy atom. The van der Waals surface area contributed by atoms with Crippen LogP contribution in [-0.4, -0.2) is 37.7 Å². The van der Waals surface area contributed by atoms with Crippen LogP contribution in [0.15, 0.2) is 9.59 Å². The van der Waals surface area contributed by atoms with E-state index in [1.165, 1.54) is 25.6 Å². The number of hydrogen-bond donors (Lipinski definition) is 2. The van der Waals surface area contributed by atoms with Gasteiger partial charge in [-0.25, -0.2) is 4.79 Å². The molecule has 0 aliphatic carbocycles. The highest BCUT2D eigenvalue weighted by atomic mass is 16.5. The molecule has 0 aromatic carbocycles. The number of esters is 1. The molecule has 0 aliphatic rings. The lowest BCUT2D eigenvalue weighted by atomic mass is 10.4. The van der Waals surface area contributed by atoms with Gasteiger partial charge in [-0.3, -0.25) is 18.7 Å². The van der Waals surface area contributed by atoms with Crippen molar-refractivity contribution < 1.29 is 9.53 Å².